The first-order valence-electron chi connectivity index (χ1n) is 8.38. The third-order valence-corrected chi connectivity index (χ3v) is 4.39. The molecule has 4 rings (SSSR count). The van der Waals surface area contributed by atoms with Crippen LogP contribution in [0.25, 0.3) is 0 Å². The van der Waals surface area contributed by atoms with E-state index in [4.69, 9.17) is 4.74 Å². The highest BCUT2D eigenvalue weighted by Gasteiger charge is 2.48. The number of amides is 1. The predicted molar refractivity (Wildman–Crippen MR) is 97.9 cm³/mol. The number of hydrazone groups is 1. The maximum atomic E-state index is 13.7. The number of carbonyl (C=O) groups excluding carboxylic acids is 1. The first-order valence-corrected chi connectivity index (χ1v) is 8.38. The van der Waals surface area contributed by atoms with E-state index in [0.29, 0.717) is 11.3 Å². The van der Waals surface area contributed by atoms with Gasteiger partial charge in [0.25, 0.3) is 5.91 Å². The molecule has 0 aliphatic carbocycles. The third kappa shape index (κ3) is 3.01. The molecule has 0 bridgehead atoms. The van der Waals surface area contributed by atoms with Crippen LogP contribution in [0, 0.1) is 11.6 Å². The van der Waals surface area contributed by atoms with Gasteiger partial charge in [-0.15, -0.1) is 0 Å². The standard InChI is InChI=1S/C21H14F2N2O3/c22-15-9-7-14(8-10-15)21(27)19(24-25-20(21)26)13-5-11-16(12-6-13)28-18-4-2-1-3-17(18)23/h1-12,27H,(H,25,26). The molecule has 0 radical (unpaired) electrons. The molecule has 0 aromatic heterocycles. The van der Waals surface area contributed by atoms with Gasteiger partial charge in [0, 0.05) is 5.56 Å². The minimum absolute atomic E-state index is 0.0709. The van der Waals surface area contributed by atoms with Crippen molar-refractivity contribution in [1.29, 1.82) is 0 Å². The van der Waals surface area contributed by atoms with Gasteiger partial charge in [-0.2, -0.15) is 5.10 Å². The zero-order valence-electron chi connectivity index (χ0n) is 14.4. The first-order chi connectivity index (χ1) is 13.5. The Hall–Kier alpha value is -3.58. The molecule has 0 fully saturated rings. The van der Waals surface area contributed by atoms with E-state index in [0.717, 1.165) is 12.1 Å². The summed E-state index contributed by atoms with van der Waals surface area (Å²) in [4.78, 5) is 12.3. The number of nitrogens with one attached hydrogen (secondary N) is 1. The summed E-state index contributed by atoms with van der Waals surface area (Å²) in [7, 11) is 0. The number of halogens is 2. The fourth-order valence-electron chi connectivity index (χ4n) is 2.94. The van der Waals surface area contributed by atoms with E-state index in [9.17, 15) is 18.7 Å². The summed E-state index contributed by atoms with van der Waals surface area (Å²) in [6.07, 6.45) is 0. The molecular weight excluding hydrogens is 366 g/mol. The molecule has 3 aromatic carbocycles. The number of hydrogen-bond acceptors (Lipinski definition) is 4. The molecule has 3 aromatic rings. The summed E-state index contributed by atoms with van der Waals surface area (Å²) >= 11 is 0. The van der Waals surface area contributed by atoms with Gasteiger partial charge in [-0.1, -0.05) is 24.3 Å². The minimum Gasteiger partial charge on any atom is -0.454 e. The Morgan fingerprint density at radius 1 is 0.929 bits per heavy atom. The van der Waals surface area contributed by atoms with Crippen LogP contribution in [0.2, 0.25) is 0 Å². The second kappa shape index (κ2) is 6.86. The van der Waals surface area contributed by atoms with Gasteiger partial charge in [0.1, 0.15) is 17.3 Å². The summed E-state index contributed by atoms with van der Waals surface area (Å²) in [5, 5.41) is 15.0. The fourth-order valence-corrected chi connectivity index (χ4v) is 2.94. The van der Waals surface area contributed by atoms with Gasteiger partial charge in [-0.25, -0.2) is 14.2 Å². The highest BCUT2D eigenvalue weighted by Crippen LogP contribution is 2.32. The highest BCUT2D eigenvalue weighted by molar-refractivity contribution is 6.22. The van der Waals surface area contributed by atoms with Crippen molar-refractivity contribution in [3.63, 3.8) is 0 Å². The van der Waals surface area contributed by atoms with Crippen LogP contribution in [0.3, 0.4) is 0 Å². The molecule has 1 aliphatic rings. The van der Waals surface area contributed by atoms with Crippen molar-refractivity contribution in [3.8, 4) is 11.5 Å². The van der Waals surface area contributed by atoms with Gasteiger partial charge in [0.2, 0.25) is 5.60 Å². The van der Waals surface area contributed by atoms with Gasteiger partial charge in [0.15, 0.2) is 11.6 Å². The van der Waals surface area contributed by atoms with E-state index in [1.165, 1.54) is 24.3 Å². The first kappa shape index (κ1) is 17.8. The Morgan fingerprint density at radius 2 is 1.61 bits per heavy atom. The SMILES string of the molecule is O=C1NN=C(c2ccc(Oc3ccccc3F)cc2)C1(O)c1ccc(F)cc1. The van der Waals surface area contributed by atoms with Gasteiger partial charge >= 0.3 is 0 Å². The molecule has 1 aliphatic heterocycles. The lowest BCUT2D eigenvalue weighted by atomic mass is 9.85. The van der Waals surface area contributed by atoms with Crippen molar-refractivity contribution in [1.82, 2.24) is 5.43 Å². The van der Waals surface area contributed by atoms with Crippen molar-refractivity contribution in [2.75, 3.05) is 0 Å². The molecule has 5 nitrogen and oxygen atoms in total. The maximum absolute atomic E-state index is 13.7. The molecule has 2 N–H and O–H groups in total. The van der Waals surface area contributed by atoms with Crippen molar-refractivity contribution in [3.05, 3.63) is 95.6 Å². The maximum Gasteiger partial charge on any atom is 0.283 e. The highest BCUT2D eigenvalue weighted by atomic mass is 19.1. The average molecular weight is 380 g/mol. The monoisotopic (exact) mass is 380 g/mol. The molecule has 28 heavy (non-hydrogen) atoms. The van der Waals surface area contributed by atoms with Crippen molar-refractivity contribution in [2.24, 2.45) is 5.10 Å². The number of aliphatic hydroxyl groups is 1. The summed E-state index contributed by atoms with van der Waals surface area (Å²) in [6.45, 7) is 0. The second-order valence-corrected chi connectivity index (χ2v) is 6.18. The minimum atomic E-state index is -2.05. The number of para-hydroxylation sites is 1. The van der Waals surface area contributed by atoms with Crippen LogP contribution >= 0.6 is 0 Å². The third-order valence-electron chi connectivity index (χ3n) is 4.39. The summed E-state index contributed by atoms with van der Waals surface area (Å²) in [6, 6.07) is 17.3. The largest absolute Gasteiger partial charge is 0.454 e. The Balaban J connectivity index is 1.64. The molecule has 1 unspecified atom stereocenters. The Kier molecular flexibility index (Phi) is 4.37. The normalized spacial score (nSPS) is 18.5. The van der Waals surface area contributed by atoms with Gasteiger partial charge < -0.3 is 9.84 Å². The van der Waals surface area contributed by atoms with Crippen LogP contribution in [0.5, 0.6) is 11.5 Å². The second-order valence-electron chi connectivity index (χ2n) is 6.18. The van der Waals surface area contributed by atoms with Crippen LogP contribution < -0.4 is 10.2 Å². The zero-order chi connectivity index (χ0) is 19.7. The van der Waals surface area contributed by atoms with E-state index < -0.39 is 23.1 Å². The van der Waals surface area contributed by atoms with Gasteiger partial charge in [-0.05, 0) is 54.1 Å². The van der Waals surface area contributed by atoms with E-state index in [1.54, 1.807) is 36.4 Å². The fraction of sp³-hybridized carbons (Fsp3) is 0.0476. The molecule has 0 saturated heterocycles. The van der Waals surface area contributed by atoms with E-state index in [-0.39, 0.29) is 17.0 Å². The molecule has 0 spiro atoms. The number of carbonyl (C=O) groups is 1. The number of ether oxygens (including phenoxy) is 1. The number of hydrogen-bond donors (Lipinski definition) is 2. The van der Waals surface area contributed by atoms with E-state index in [2.05, 4.69) is 10.5 Å². The van der Waals surface area contributed by atoms with Gasteiger partial charge in [0.05, 0.1) is 0 Å². The lowest BCUT2D eigenvalue weighted by Gasteiger charge is -2.22. The van der Waals surface area contributed by atoms with Crippen LogP contribution in [0.4, 0.5) is 8.78 Å². The van der Waals surface area contributed by atoms with Crippen LogP contribution in [0.15, 0.2) is 77.9 Å². The number of benzene rings is 3. The summed E-state index contributed by atoms with van der Waals surface area (Å²) in [5.41, 5.74) is 0.914. The van der Waals surface area contributed by atoms with E-state index >= 15 is 0 Å². The molecule has 7 heteroatoms. The molecule has 1 amide bonds. The molecule has 1 atom stereocenters. The summed E-state index contributed by atoms with van der Waals surface area (Å²) < 4.78 is 32.4. The molecule has 0 saturated carbocycles. The van der Waals surface area contributed by atoms with Crippen molar-refractivity contribution in [2.45, 2.75) is 5.60 Å². The topological polar surface area (TPSA) is 70.9 Å². The van der Waals surface area contributed by atoms with E-state index in [1.807, 2.05) is 0 Å². The lowest BCUT2D eigenvalue weighted by Crippen LogP contribution is -2.42. The van der Waals surface area contributed by atoms with Crippen LogP contribution in [-0.4, -0.2) is 16.7 Å². The Labute approximate surface area is 158 Å². The molecular formula is C21H14F2N2O3. The van der Waals surface area contributed by atoms with Crippen molar-refractivity contribution < 1.29 is 23.4 Å². The van der Waals surface area contributed by atoms with Crippen molar-refractivity contribution >= 4 is 11.6 Å². The Morgan fingerprint density at radius 3 is 2.29 bits per heavy atom. The molecule has 1 heterocycles. The molecule has 140 valence electrons. The number of nitrogens with zero attached hydrogens (tertiary/aromatic N) is 1. The summed E-state index contributed by atoms with van der Waals surface area (Å²) in [5.74, 6) is -1.27. The lowest BCUT2D eigenvalue weighted by molar-refractivity contribution is -0.132. The van der Waals surface area contributed by atoms with Gasteiger partial charge in [-0.3, -0.25) is 4.79 Å². The van der Waals surface area contributed by atoms with Crippen LogP contribution in [-0.2, 0) is 10.4 Å². The number of rotatable bonds is 4. The zero-order valence-corrected chi connectivity index (χ0v) is 14.4. The van der Waals surface area contributed by atoms with Crippen LogP contribution in [0.1, 0.15) is 11.1 Å². The average Bonchev–Trinajstić information content (AvgIpc) is 3.00. The quantitative estimate of drug-likeness (QED) is 0.728. The smallest absolute Gasteiger partial charge is 0.283 e. The predicted octanol–water partition coefficient (Wildman–Crippen LogP) is 3.48. The Bertz CT molecular complexity index is 1070.